The van der Waals surface area contributed by atoms with E-state index in [1.807, 2.05) is 12.1 Å². The summed E-state index contributed by atoms with van der Waals surface area (Å²) in [4.78, 5) is 29.7. The highest BCUT2D eigenvalue weighted by molar-refractivity contribution is 5.94. The molecule has 1 saturated heterocycles. The van der Waals surface area contributed by atoms with Crippen molar-refractivity contribution in [3.8, 4) is 11.4 Å². The minimum Gasteiger partial charge on any atom is -0.462 e. The van der Waals surface area contributed by atoms with Crippen molar-refractivity contribution in [1.82, 2.24) is 19.9 Å². The summed E-state index contributed by atoms with van der Waals surface area (Å²) >= 11 is 0. The number of esters is 1. The van der Waals surface area contributed by atoms with Crippen LogP contribution in [0.15, 0.2) is 30.7 Å². The molecule has 0 amide bonds. The van der Waals surface area contributed by atoms with Gasteiger partial charge in [-0.15, -0.1) is 0 Å². The van der Waals surface area contributed by atoms with Gasteiger partial charge >= 0.3 is 5.97 Å². The summed E-state index contributed by atoms with van der Waals surface area (Å²) in [6, 6.07) is 3.74. The SMILES string of the molecule is CCOC(=O)c1cnc(-c2cccnc2)nc1N1CCN(C)CC1. The molecule has 7 heteroatoms. The maximum Gasteiger partial charge on any atom is 0.343 e. The molecule has 2 aromatic heterocycles. The van der Waals surface area contributed by atoms with Crippen LogP contribution in [0.3, 0.4) is 0 Å². The van der Waals surface area contributed by atoms with E-state index in [-0.39, 0.29) is 5.97 Å². The van der Waals surface area contributed by atoms with Crippen molar-refractivity contribution in [2.45, 2.75) is 6.92 Å². The van der Waals surface area contributed by atoms with Gasteiger partial charge in [-0.3, -0.25) is 4.98 Å². The van der Waals surface area contributed by atoms with Crippen LogP contribution in [0.4, 0.5) is 5.82 Å². The van der Waals surface area contributed by atoms with Crippen molar-refractivity contribution in [2.24, 2.45) is 0 Å². The van der Waals surface area contributed by atoms with Gasteiger partial charge in [-0.05, 0) is 26.1 Å². The predicted octanol–water partition coefficient (Wildman–Crippen LogP) is 1.47. The number of carbonyl (C=O) groups is 1. The van der Waals surface area contributed by atoms with E-state index in [0.717, 1.165) is 31.7 Å². The van der Waals surface area contributed by atoms with Gasteiger partial charge < -0.3 is 14.5 Å². The number of aromatic nitrogens is 3. The van der Waals surface area contributed by atoms with Gasteiger partial charge in [-0.1, -0.05) is 0 Å². The Hall–Kier alpha value is -2.54. The summed E-state index contributed by atoms with van der Waals surface area (Å²) in [5.74, 6) is 0.810. The zero-order valence-electron chi connectivity index (χ0n) is 14.0. The molecule has 3 heterocycles. The van der Waals surface area contributed by atoms with Gasteiger partial charge in [-0.25, -0.2) is 14.8 Å². The van der Waals surface area contributed by atoms with Crippen molar-refractivity contribution in [2.75, 3.05) is 44.7 Å². The normalized spacial score (nSPS) is 15.3. The van der Waals surface area contributed by atoms with E-state index in [0.29, 0.717) is 23.8 Å². The molecule has 0 aromatic carbocycles. The lowest BCUT2D eigenvalue weighted by Gasteiger charge is -2.34. The van der Waals surface area contributed by atoms with Crippen LogP contribution in [0.2, 0.25) is 0 Å². The fraction of sp³-hybridized carbons (Fsp3) is 0.412. The Bertz CT molecular complexity index is 699. The third-order valence-electron chi connectivity index (χ3n) is 3.99. The van der Waals surface area contributed by atoms with Crippen LogP contribution >= 0.6 is 0 Å². The number of piperazine rings is 1. The van der Waals surface area contributed by atoms with Crippen LogP contribution in [0.5, 0.6) is 0 Å². The van der Waals surface area contributed by atoms with Gasteiger partial charge in [0.25, 0.3) is 0 Å². The van der Waals surface area contributed by atoms with Crippen molar-refractivity contribution >= 4 is 11.8 Å². The molecule has 1 fully saturated rings. The number of pyridine rings is 1. The van der Waals surface area contributed by atoms with Gasteiger partial charge in [-0.2, -0.15) is 0 Å². The number of hydrogen-bond acceptors (Lipinski definition) is 7. The smallest absolute Gasteiger partial charge is 0.343 e. The molecular weight excluding hydrogens is 306 g/mol. The van der Waals surface area contributed by atoms with Gasteiger partial charge in [0.05, 0.1) is 6.61 Å². The highest BCUT2D eigenvalue weighted by Gasteiger charge is 2.23. The van der Waals surface area contributed by atoms with E-state index in [9.17, 15) is 4.79 Å². The first kappa shape index (κ1) is 16.3. The molecule has 2 aromatic rings. The van der Waals surface area contributed by atoms with E-state index >= 15 is 0 Å². The molecule has 0 spiro atoms. The van der Waals surface area contributed by atoms with Crippen LogP contribution in [-0.2, 0) is 4.74 Å². The fourth-order valence-corrected chi connectivity index (χ4v) is 2.62. The molecular formula is C17H21N5O2. The summed E-state index contributed by atoms with van der Waals surface area (Å²) < 4.78 is 5.16. The van der Waals surface area contributed by atoms with Crippen LogP contribution in [0, 0.1) is 0 Å². The minimum atomic E-state index is -0.385. The Balaban J connectivity index is 1.99. The first-order valence-corrected chi connectivity index (χ1v) is 8.07. The zero-order valence-corrected chi connectivity index (χ0v) is 14.0. The number of carbonyl (C=O) groups excluding carboxylic acids is 1. The second-order valence-corrected chi connectivity index (χ2v) is 5.68. The monoisotopic (exact) mass is 327 g/mol. The topological polar surface area (TPSA) is 71.4 Å². The Morgan fingerprint density at radius 2 is 2.04 bits per heavy atom. The molecule has 0 saturated carbocycles. The summed E-state index contributed by atoms with van der Waals surface area (Å²) in [5.41, 5.74) is 1.23. The Morgan fingerprint density at radius 1 is 1.25 bits per heavy atom. The molecule has 0 unspecified atom stereocenters. The van der Waals surface area contributed by atoms with Crippen molar-refractivity contribution < 1.29 is 9.53 Å². The number of anilines is 1. The molecule has 24 heavy (non-hydrogen) atoms. The summed E-state index contributed by atoms with van der Waals surface area (Å²) in [7, 11) is 2.09. The van der Waals surface area contributed by atoms with E-state index in [2.05, 4.69) is 31.8 Å². The maximum absolute atomic E-state index is 12.3. The lowest BCUT2D eigenvalue weighted by Crippen LogP contribution is -2.45. The molecule has 126 valence electrons. The molecule has 1 aliphatic rings. The van der Waals surface area contributed by atoms with Crippen LogP contribution in [0.25, 0.3) is 11.4 Å². The number of nitrogens with zero attached hydrogens (tertiary/aromatic N) is 5. The number of ether oxygens (including phenoxy) is 1. The second kappa shape index (κ2) is 7.35. The standard InChI is InChI=1S/C17H21N5O2/c1-3-24-17(23)14-12-19-15(13-5-4-6-18-11-13)20-16(14)22-9-7-21(2)8-10-22/h4-6,11-12H,3,7-10H2,1-2H3. The average molecular weight is 327 g/mol. The summed E-state index contributed by atoms with van der Waals surface area (Å²) in [6.45, 7) is 5.59. The van der Waals surface area contributed by atoms with Gasteiger partial charge in [0.15, 0.2) is 5.82 Å². The largest absolute Gasteiger partial charge is 0.462 e. The summed E-state index contributed by atoms with van der Waals surface area (Å²) in [5, 5.41) is 0. The average Bonchev–Trinajstić information content (AvgIpc) is 2.63. The third-order valence-corrected chi connectivity index (χ3v) is 3.99. The minimum absolute atomic E-state index is 0.325. The molecule has 0 atom stereocenters. The van der Waals surface area contributed by atoms with Crippen LogP contribution < -0.4 is 4.90 Å². The number of hydrogen-bond donors (Lipinski definition) is 0. The zero-order chi connectivity index (χ0) is 16.9. The Morgan fingerprint density at radius 3 is 2.71 bits per heavy atom. The lowest BCUT2D eigenvalue weighted by molar-refractivity contribution is 0.0526. The van der Waals surface area contributed by atoms with Crippen LogP contribution in [0.1, 0.15) is 17.3 Å². The van der Waals surface area contributed by atoms with E-state index in [1.165, 1.54) is 0 Å². The highest BCUT2D eigenvalue weighted by atomic mass is 16.5. The van der Waals surface area contributed by atoms with E-state index in [1.54, 1.807) is 25.5 Å². The van der Waals surface area contributed by atoms with Gasteiger partial charge in [0.2, 0.25) is 0 Å². The molecule has 0 N–H and O–H groups in total. The molecule has 3 rings (SSSR count). The molecule has 0 aliphatic carbocycles. The summed E-state index contributed by atoms with van der Waals surface area (Å²) in [6.07, 6.45) is 4.98. The second-order valence-electron chi connectivity index (χ2n) is 5.68. The van der Waals surface area contributed by atoms with Crippen LogP contribution in [-0.4, -0.2) is 65.7 Å². The van der Waals surface area contributed by atoms with E-state index in [4.69, 9.17) is 4.74 Å². The molecule has 1 aliphatic heterocycles. The van der Waals surface area contributed by atoms with Crippen molar-refractivity contribution in [1.29, 1.82) is 0 Å². The molecule has 7 nitrogen and oxygen atoms in total. The van der Waals surface area contributed by atoms with Gasteiger partial charge in [0, 0.05) is 50.3 Å². The number of rotatable bonds is 4. The van der Waals surface area contributed by atoms with Crippen molar-refractivity contribution in [3.05, 3.63) is 36.3 Å². The van der Waals surface area contributed by atoms with Crippen molar-refractivity contribution in [3.63, 3.8) is 0 Å². The fourth-order valence-electron chi connectivity index (χ4n) is 2.62. The lowest BCUT2D eigenvalue weighted by atomic mass is 10.2. The predicted molar refractivity (Wildman–Crippen MR) is 90.9 cm³/mol. The Labute approximate surface area is 141 Å². The quantitative estimate of drug-likeness (QED) is 0.787. The maximum atomic E-state index is 12.3. The van der Waals surface area contributed by atoms with Gasteiger partial charge in [0.1, 0.15) is 11.4 Å². The van der Waals surface area contributed by atoms with E-state index < -0.39 is 0 Å². The molecule has 0 radical (unpaired) electrons. The first-order chi connectivity index (χ1) is 11.7. The molecule has 0 bridgehead atoms. The number of likely N-dealkylation sites (N-methyl/N-ethyl adjacent to an activating group) is 1. The highest BCUT2D eigenvalue weighted by Crippen LogP contribution is 2.23. The Kier molecular flexibility index (Phi) is 5.00. The third kappa shape index (κ3) is 3.51. The first-order valence-electron chi connectivity index (χ1n) is 8.07.